The summed E-state index contributed by atoms with van der Waals surface area (Å²) < 4.78 is 17.3. The maximum atomic E-state index is 13.3. The van der Waals surface area contributed by atoms with Gasteiger partial charge in [0.25, 0.3) is 5.91 Å². The molecule has 0 aliphatic rings. The van der Waals surface area contributed by atoms with Gasteiger partial charge in [-0.05, 0) is 62.0 Å². The second kappa shape index (κ2) is 12.4. The number of hydrogen-bond donors (Lipinski definition) is 0. The number of fused-ring (bicyclic) bond motifs is 1. The van der Waals surface area contributed by atoms with Crippen molar-refractivity contribution >= 4 is 38.7 Å². The van der Waals surface area contributed by atoms with Crippen molar-refractivity contribution in [1.29, 1.82) is 0 Å². The van der Waals surface area contributed by atoms with Gasteiger partial charge in [0.2, 0.25) is 0 Å². The summed E-state index contributed by atoms with van der Waals surface area (Å²) in [6.07, 6.45) is 3.37. The van der Waals surface area contributed by atoms with Crippen LogP contribution in [0.1, 0.15) is 26.3 Å². The van der Waals surface area contributed by atoms with E-state index in [2.05, 4.69) is 18.7 Å². The van der Waals surface area contributed by atoms with Crippen LogP contribution in [0.25, 0.3) is 16.3 Å². The van der Waals surface area contributed by atoms with E-state index in [1.807, 2.05) is 43.3 Å². The third-order valence-corrected chi connectivity index (χ3v) is 6.56. The molecule has 0 aliphatic carbocycles. The van der Waals surface area contributed by atoms with Gasteiger partial charge in [-0.2, -0.15) is 0 Å². The summed E-state index contributed by atoms with van der Waals surface area (Å²) in [7, 11) is 3.19. The first-order valence-corrected chi connectivity index (χ1v) is 12.3. The summed E-state index contributed by atoms with van der Waals surface area (Å²) in [5.41, 5.74) is 1.70. The standard InChI is InChI=1S/C26H33N3O4S/c1-6-28(7-2)15-16-29(26-27-21-12-11-20(33-8-3)18-24(21)34-26)25(30)14-10-19-9-13-22(31-4)23(17-19)32-5/h9-14,17-18H,6-8,15-16H2,1-5H3. The molecule has 3 rings (SSSR count). The van der Waals surface area contributed by atoms with Crippen LogP contribution < -0.4 is 19.1 Å². The SMILES string of the molecule is CCOc1ccc2nc(N(CCN(CC)CC)C(=O)C=Cc3ccc(OC)c(OC)c3)sc2c1. The fraction of sp³-hybridized carbons (Fsp3) is 0.385. The van der Waals surface area contributed by atoms with Crippen molar-refractivity contribution in [1.82, 2.24) is 9.88 Å². The number of rotatable bonds is 12. The van der Waals surface area contributed by atoms with Crippen molar-refractivity contribution in [2.24, 2.45) is 0 Å². The van der Waals surface area contributed by atoms with Crippen LogP contribution in [0.2, 0.25) is 0 Å². The minimum absolute atomic E-state index is 0.119. The zero-order valence-electron chi connectivity index (χ0n) is 20.5. The lowest BCUT2D eigenvalue weighted by Crippen LogP contribution is -2.38. The zero-order valence-corrected chi connectivity index (χ0v) is 21.4. The third-order valence-electron chi connectivity index (χ3n) is 5.52. The molecule has 0 bridgehead atoms. The normalized spacial score (nSPS) is 11.4. The second-order valence-electron chi connectivity index (χ2n) is 7.52. The number of carbonyl (C=O) groups excluding carboxylic acids is 1. The van der Waals surface area contributed by atoms with E-state index in [1.54, 1.807) is 31.3 Å². The quantitative estimate of drug-likeness (QED) is 0.334. The van der Waals surface area contributed by atoms with Crippen molar-refractivity contribution in [3.63, 3.8) is 0 Å². The molecular formula is C26H33N3O4S. The van der Waals surface area contributed by atoms with Gasteiger partial charge in [-0.15, -0.1) is 0 Å². The van der Waals surface area contributed by atoms with E-state index < -0.39 is 0 Å². The molecule has 7 nitrogen and oxygen atoms in total. The molecule has 1 heterocycles. The molecule has 0 atom stereocenters. The summed E-state index contributed by atoms with van der Waals surface area (Å²) in [6.45, 7) is 9.99. The maximum Gasteiger partial charge on any atom is 0.252 e. The first kappa shape index (κ1) is 25.5. The van der Waals surface area contributed by atoms with Gasteiger partial charge in [-0.3, -0.25) is 9.69 Å². The zero-order chi connectivity index (χ0) is 24.5. The highest BCUT2D eigenvalue weighted by atomic mass is 32.1. The van der Waals surface area contributed by atoms with Gasteiger partial charge in [-0.1, -0.05) is 31.3 Å². The summed E-state index contributed by atoms with van der Waals surface area (Å²) >= 11 is 1.50. The van der Waals surface area contributed by atoms with Gasteiger partial charge in [0.1, 0.15) is 5.75 Å². The monoisotopic (exact) mass is 483 g/mol. The molecule has 1 aromatic heterocycles. The second-order valence-corrected chi connectivity index (χ2v) is 8.53. The molecule has 0 spiro atoms. The fourth-order valence-electron chi connectivity index (χ4n) is 3.56. The molecule has 0 saturated heterocycles. The van der Waals surface area contributed by atoms with Crippen molar-refractivity contribution < 1.29 is 19.0 Å². The van der Waals surface area contributed by atoms with Crippen LogP contribution in [0, 0.1) is 0 Å². The molecule has 34 heavy (non-hydrogen) atoms. The Bertz CT molecular complexity index is 1120. The van der Waals surface area contributed by atoms with Gasteiger partial charge in [0.05, 0.1) is 31.0 Å². The lowest BCUT2D eigenvalue weighted by molar-refractivity contribution is -0.114. The van der Waals surface area contributed by atoms with E-state index in [-0.39, 0.29) is 5.91 Å². The highest BCUT2D eigenvalue weighted by Gasteiger charge is 2.19. The number of likely N-dealkylation sites (N-methyl/N-ethyl adjacent to an activating group) is 1. The number of aromatic nitrogens is 1. The largest absolute Gasteiger partial charge is 0.494 e. The van der Waals surface area contributed by atoms with Crippen LogP contribution in [0.5, 0.6) is 17.2 Å². The highest BCUT2D eigenvalue weighted by molar-refractivity contribution is 7.22. The first-order chi connectivity index (χ1) is 16.5. The molecule has 182 valence electrons. The minimum atomic E-state index is -0.119. The Balaban J connectivity index is 1.88. The predicted molar refractivity (Wildman–Crippen MR) is 140 cm³/mol. The van der Waals surface area contributed by atoms with E-state index in [0.29, 0.717) is 29.8 Å². The van der Waals surface area contributed by atoms with Crippen molar-refractivity contribution in [3.05, 3.63) is 48.0 Å². The number of carbonyl (C=O) groups is 1. The molecule has 0 unspecified atom stereocenters. The molecule has 0 aliphatic heterocycles. The van der Waals surface area contributed by atoms with Gasteiger partial charge >= 0.3 is 0 Å². The van der Waals surface area contributed by atoms with E-state index in [9.17, 15) is 4.79 Å². The molecule has 1 amide bonds. The van der Waals surface area contributed by atoms with Crippen molar-refractivity contribution in [2.75, 3.05) is 51.9 Å². The van der Waals surface area contributed by atoms with E-state index in [4.69, 9.17) is 19.2 Å². The van der Waals surface area contributed by atoms with Gasteiger partial charge in [-0.25, -0.2) is 4.98 Å². The molecule has 8 heteroatoms. The molecule has 0 radical (unpaired) electrons. The number of hydrogen-bond acceptors (Lipinski definition) is 7. The summed E-state index contributed by atoms with van der Waals surface area (Å²) in [6, 6.07) is 11.4. The molecule has 0 saturated carbocycles. The Hall–Kier alpha value is -3.10. The average molecular weight is 484 g/mol. The number of ether oxygens (including phenoxy) is 3. The smallest absolute Gasteiger partial charge is 0.252 e. The third kappa shape index (κ3) is 6.27. The Morgan fingerprint density at radius 2 is 1.76 bits per heavy atom. The van der Waals surface area contributed by atoms with Crippen LogP contribution in [0.4, 0.5) is 5.13 Å². The van der Waals surface area contributed by atoms with Crippen LogP contribution >= 0.6 is 11.3 Å². The number of thiazole rings is 1. The van der Waals surface area contributed by atoms with E-state index in [1.165, 1.54) is 11.3 Å². The van der Waals surface area contributed by atoms with Gasteiger partial charge in [0, 0.05) is 19.2 Å². The Morgan fingerprint density at radius 3 is 2.44 bits per heavy atom. The number of methoxy groups -OCH3 is 2. The summed E-state index contributed by atoms with van der Waals surface area (Å²) in [5.74, 6) is 1.95. The number of amides is 1. The van der Waals surface area contributed by atoms with Crippen molar-refractivity contribution in [2.45, 2.75) is 20.8 Å². The Kier molecular flexibility index (Phi) is 9.30. The number of nitrogens with zero attached hydrogens (tertiary/aromatic N) is 3. The minimum Gasteiger partial charge on any atom is -0.494 e. The fourth-order valence-corrected chi connectivity index (χ4v) is 4.59. The molecule has 2 aromatic carbocycles. The molecule has 3 aromatic rings. The molecule has 0 N–H and O–H groups in total. The predicted octanol–water partition coefficient (Wildman–Crippen LogP) is 5.10. The van der Waals surface area contributed by atoms with Gasteiger partial charge in [0.15, 0.2) is 16.6 Å². The Morgan fingerprint density at radius 1 is 1.00 bits per heavy atom. The van der Waals surface area contributed by atoms with Crippen LogP contribution in [0.15, 0.2) is 42.5 Å². The summed E-state index contributed by atoms with van der Waals surface area (Å²) in [5, 5.41) is 0.678. The Labute approximate surface area is 205 Å². The number of anilines is 1. The average Bonchev–Trinajstić information content (AvgIpc) is 3.28. The maximum absolute atomic E-state index is 13.3. The lowest BCUT2D eigenvalue weighted by atomic mass is 10.2. The topological polar surface area (TPSA) is 64.1 Å². The summed E-state index contributed by atoms with van der Waals surface area (Å²) in [4.78, 5) is 22.1. The highest BCUT2D eigenvalue weighted by Crippen LogP contribution is 2.32. The van der Waals surface area contributed by atoms with Crippen LogP contribution in [0.3, 0.4) is 0 Å². The van der Waals surface area contributed by atoms with Gasteiger partial charge < -0.3 is 19.1 Å². The number of benzene rings is 2. The van der Waals surface area contributed by atoms with E-state index in [0.717, 1.165) is 41.2 Å². The van der Waals surface area contributed by atoms with Crippen molar-refractivity contribution in [3.8, 4) is 17.2 Å². The van der Waals surface area contributed by atoms with Crippen LogP contribution in [-0.2, 0) is 4.79 Å². The first-order valence-electron chi connectivity index (χ1n) is 11.5. The van der Waals surface area contributed by atoms with Crippen LogP contribution in [-0.4, -0.2) is 62.8 Å². The molecule has 0 fully saturated rings. The lowest BCUT2D eigenvalue weighted by Gasteiger charge is -2.23. The molecular weight excluding hydrogens is 450 g/mol. The van der Waals surface area contributed by atoms with E-state index >= 15 is 0 Å².